The molecule has 2 nitrogen and oxygen atoms in total. The van der Waals surface area contributed by atoms with Gasteiger partial charge >= 0.3 is 0 Å². The van der Waals surface area contributed by atoms with Crippen LogP contribution >= 0.6 is 0 Å². The number of Topliss-reactive ketones (excluding diaryl/α,β-unsaturated/α-hetero) is 1. The summed E-state index contributed by atoms with van der Waals surface area (Å²) in [6, 6.07) is 7.65. The second kappa shape index (κ2) is 6.48. The van der Waals surface area contributed by atoms with Gasteiger partial charge in [-0.2, -0.15) is 0 Å². The number of hydrogen-bond acceptors (Lipinski definition) is 2. The fraction of sp³-hybridized carbons (Fsp3) is 0.312. The van der Waals surface area contributed by atoms with Crippen LogP contribution in [0.15, 0.2) is 42.2 Å². The van der Waals surface area contributed by atoms with Crippen molar-refractivity contribution in [3.63, 3.8) is 0 Å². The third-order valence-corrected chi connectivity index (χ3v) is 9.17. The fourth-order valence-electron chi connectivity index (χ4n) is 1.88. The molecule has 0 atom stereocenters. The lowest BCUT2D eigenvalue weighted by Gasteiger charge is -2.29. The van der Waals surface area contributed by atoms with Crippen molar-refractivity contribution in [3.8, 4) is 0 Å². The van der Waals surface area contributed by atoms with Gasteiger partial charge in [0.15, 0.2) is 22.4 Å². The standard InChI is InChI=1S/C16H24O2Si2/c1-7-19(3,4)18-20(5,6)13-12-15-8-10-16(11-9-15)14(2)17/h7-13H,1H2,2-6H3/b13-12+. The molecule has 0 saturated heterocycles. The molecule has 0 N–H and O–H groups in total. The Morgan fingerprint density at radius 2 is 1.65 bits per heavy atom. The lowest BCUT2D eigenvalue weighted by atomic mass is 10.1. The largest absolute Gasteiger partial charge is 0.449 e. The lowest BCUT2D eigenvalue weighted by molar-refractivity contribution is 0.101. The molecule has 0 spiro atoms. The van der Waals surface area contributed by atoms with Crippen LogP contribution in [0.2, 0.25) is 26.2 Å². The van der Waals surface area contributed by atoms with Gasteiger partial charge in [-0.05, 0) is 38.7 Å². The van der Waals surface area contributed by atoms with Crippen LogP contribution in [0.4, 0.5) is 0 Å². The molecule has 0 bridgehead atoms. The Balaban J connectivity index is 2.80. The van der Waals surface area contributed by atoms with E-state index in [1.165, 1.54) is 0 Å². The molecule has 20 heavy (non-hydrogen) atoms. The van der Waals surface area contributed by atoms with Crippen molar-refractivity contribution in [2.24, 2.45) is 0 Å². The maximum Gasteiger partial charge on any atom is 0.198 e. The van der Waals surface area contributed by atoms with E-state index in [4.69, 9.17) is 4.12 Å². The normalized spacial score (nSPS) is 12.7. The number of ketones is 1. The zero-order chi connectivity index (χ0) is 15.4. The summed E-state index contributed by atoms with van der Waals surface area (Å²) < 4.78 is 6.28. The fourth-order valence-corrected chi connectivity index (χ4v) is 8.50. The lowest BCUT2D eigenvalue weighted by Crippen LogP contribution is -2.42. The highest BCUT2D eigenvalue weighted by atomic mass is 28.4. The molecule has 0 saturated carbocycles. The molecule has 108 valence electrons. The van der Waals surface area contributed by atoms with Gasteiger partial charge < -0.3 is 4.12 Å². The van der Waals surface area contributed by atoms with Gasteiger partial charge in [0.1, 0.15) is 0 Å². The van der Waals surface area contributed by atoms with E-state index in [-0.39, 0.29) is 5.78 Å². The summed E-state index contributed by atoms with van der Waals surface area (Å²) in [7, 11) is -3.58. The number of carbonyl (C=O) groups excluding carboxylic acids is 1. The van der Waals surface area contributed by atoms with Crippen molar-refractivity contribution in [1.29, 1.82) is 0 Å². The van der Waals surface area contributed by atoms with E-state index >= 15 is 0 Å². The molecule has 0 aliphatic carbocycles. The summed E-state index contributed by atoms with van der Waals surface area (Å²) in [5.74, 6) is 0.0947. The first-order chi connectivity index (χ1) is 9.15. The summed E-state index contributed by atoms with van der Waals surface area (Å²) >= 11 is 0. The average molecular weight is 305 g/mol. The smallest absolute Gasteiger partial charge is 0.198 e. The Kier molecular flexibility index (Phi) is 5.45. The summed E-state index contributed by atoms with van der Waals surface area (Å²) in [6.07, 6.45) is 2.09. The molecule has 1 rings (SSSR count). The molecular formula is C16H24O2Si2. The van der Waals surface area contributed by atoms with Crippen LogP contribution in [-0.4, -0.2) is 22.4 Å². The molecular weight excluding hydrogens is 280 g/mol. The van der Waals surface area contributed by atoms with Crippen LogP contribution in [-0.2, 0) is 4.12 Å². The van der Waals surface area contributed by atoms with Gasteiger partial charge in [-0.1, -0.05) is 41.7 Å². The first kappa shape index (κ1) is 16.8. The van der Waals surface area contributed by atoms with Crippen LogP contribution < -0.4 is 0 Å². The molecule has 0 aromatic heterocycles. The van der Waals surface area contributed by atoms with Gasteiger partial charge in [0.2, 0.25) is 0 Å². The molecule has 0 heterocycles. The SMILES string of the molecule is C=C[Si](C)(C)O[Si](C)(C)/C=C/c1ccc(C(C)=O)cc1. The maximum atomic E-state index is 11.2. The van der Waals surface area contributed by atoms with E-state index in [0.29, 0.717) is 0 Å². The molecule has 0 unspecified atom stereocenters. The Hall–Kier alpha value is -1.24. The summed E-state index contributed by atoms with van der Waals surface area (Å²) in [5.41, 5.74) is 6.00. The van der Waals surface area contributed by atoms with Gasteiger partial charge in [0, 0.05) is 5.56 Å². The van der Waals surface area contributed by atoms with Crippen LogP contribution in [0.25, 0.3) is 6.08 Å². The first-order valence-corrected chi connectivity index (χ1v) is 12.8. The van der Waals surface area contributed by atoms with Gasteiger partial charge in [-0.15, -0.1) is 6.58 Å². The Bertz CT molecular complexity index is 514. The Labute approximate surface area is 124 Å². The second-order valence-electron chi connectivity index (χ2n) is 6.02. The summed E-state index contributed by atoms with van der Waals surface area (Å²) in [4.78, 5) is 11.2. The van der Waals surface area contributed by atoms with E-state index in [9.17, 15) is 4.79 Å². The highest BCUT2D eigenvalue weighted by Gasteiger charge is 2.28. The molecule has 1 aromatic rings. The third kappa shape index (κ3) is 5.40. The quantitative estimate of drug-likeness (QED) is 0.567. The van der Waals surface area contributed by atoms with Crippen molar-refractivity contribution in [3.05, 3.63) is 53.4 Å². The average Bonchev–Trinajstić information content (AvgIpc) is 2.36. The Morgan fingerprint density at radius 3 is 2.10 bits per heavy atom. The third-order valence-electron chi connectivity index (χ3n) is 3.01. The minimum Gasteiger partial charge on any atom is -0.449 e. The predicted octanol–water partition coefficient (Wildman–Crippen LogP) is 4.59. The molecule has 0 fully saturated rings. The zero-order valence-corrected chi connectivity index (χ0v) is 15.1. The van der Waals surface area contributed by atoms with E-state index in [1.807, 2.05) is 30.0 Å². The number of hydrogen-bond donors (Lipinski definition) is 0. The van der Waals surface area contributed by atoms with Crippen LogP contribution in [0.5, 0.6) is 0 Å². The zero-order valence-electron chi connectivity index (χ0n) is 13.1. The van der Waals surface area contributed by atoms with E-state index < -0.39 is 16.6 Å². The Morgan fingerprint density at radius 1 is 1.10 bits per heavy atom. The van der Waals surface area contributed by atoms with E-state index in [2.05, 4.69) is 44.5 Å². The molecule has 1 aromatic carbocycles. The first-order valence-electron chi connectivity index (χ1n) is 6.79. The maximum absolute atomic E-state index is 11.2. The van der Waals surface area contributed by atoms with Crippen LogP contribution in [0.3, 0.4) is 0 Å². The summed E-state index contributed by atoms with van der Waals surface area (Å²) in [6.45, 7) is 14.1. The van der Waals surface area contributed by atoms with Gasteiger partial charge in [0.25, 0.3) is 0 Å². The van der Waals surface area contributed by atoms with Gasteiger partial charge in [-0.3, -0.25) is 4.79 Å². The molecule has 4 heteroatoms. The molecule has 0 aliphatic heterocycles. The highest BCUT2D eigenvalue weighted by Crippen LogP contribution is 2.18. The molecule has 0 aliphatic rings. The van der Waals surface area contributed by atoms with E-state index in [0.717, 1.165) is 11.1 Å². The van der Waals surface area contributed by atoms with Crippen molar-refractivity contribution >= 4 is 28.5 Å². The minimum atomic E-state index is -1.83. The topological polar surface area (TPSA) is 26.3 Å². The molecule has 0 radical (unpaired) electrons. The minimum absolute atomic E-state index is 0.0947. The predicted molar refractivity (Wildman–Crippen MR) is 91.7 cm³/mol. The van der Waals surface area contributed by atoms with Gasteiger partial charge in [0.05, 0.1) is 0 Å². The highest BCUT2D eigenvalue weighted by molar-refractivity contribution is 6.89. The van der Waals surface area contributed by atoms with Crippen molar-refractivity contribution in [1.82, 2.24) is 0 Å². The second-order valence-corrected chi connectivity index (χ2v) is 14.0. The molecule has 0 amide bonds. The van der Waals surface area contributed by atoms with Gasteiger partial charge in [-0.25, -0.2) is 0 Å². The van der Waals surface area contributed by atoms with Crippen LogP contribution in [0.1, 0.15) is 22.8 Å². The summed E-state index contributed by atoms with van der Waals surface area (Å²) in [5, 5.41) is 0. The van der Waals surface area contributed by atoms with Crippen molar-refractivity contribution < 1.29 is 8.91 Å². The monoisotopic (exact) mass is 304 g/mol. The number of carbonyl (C=O) groups is 1. The van der Waals surface area contributed by atoms with Crippen molar-refractivity contribution in [2.45, 2.75) is 33.1 Å². The van der Waals surface area contributed by atoms with Crippen molar-refractivity contribution in [2.75, 3.05) is 0 Å². The van der Waals surface area contributed by atoms with E-state index in [1.54, 1.807) is 6.92 Å². The number of rotatable bonds is 6. The number of benzene rings is 1. The van der Waals surface area contributed by atoms with Crippen LogP contribution in [0, 0.1) is 0 Å².